The van der Waals surface area contributed by atoms with E-state index in [1.165, 1.54) is 24.4 Å². The Morgan fingerprint density at radius 1 is 1.11 bits per heavy atom. The van der Waals surface area contributed by atoms with Gasteiger partial charge in [-0.3, -0.25) is 9.78 Å². The summed E-state index contributed by atoms with van der Waals surface area (Å²) in [6, 6.07) is 11.2. The van der Waals surface area contributed by atoms with E-state index in [4.69, 9.17) is 14.9 Å². The Balaban J connectivity index is 1.52. The summed E-state index contributed by atoms with van der Waals surface area (Å²) >= 11 is 0. The van der Waals surface area contributed by atoms with Crippen molar-refractivity contribution in [1.82, 2.24) is 9.88 Å². The molecule has 0 bridgehead atoms. The molecule has 1 aliphatic rings. The van der Waals surface area contributed by atoms with Crippen LogP contribution in [0.3, 0.4) is 0 Å². The number of carbonyl (C=O) groups is 1. The van der Waals surface area contributed by atoms with Gasteiger partial charge in [0.05, 0.1) is 17.2 Å². The van der Waals surface area contributed by atoms with E-state index in [9.17, 15) is 9.18 Å². The number of piperazine rings is 1. The van der Waals surface area contributed by atoms with Crippen molar-refractivity contribution in [2.24, 2.45) is 0 Å². The summed E-state index contributed by atoms with van der Waals surface area (Å²) in [6.45, 7) is 1.89. The van der Waals surface area contributed by atoms with Crippen LogP contribution in [0.2, 0.25) is 0 Å². The van der Waals surface area contributed by atoms with Crippen LogP contribution in [0.5, 0.6) is 0 Å². The number of rotatable bonds is 2. The molecule has 1 amide bonds. The van der Waals surface area contributed by atoms with Crippen LogP contribution in [0.1, 0.15) is 21.7 Å². The summed E-state index contributed by atoms with van der Waals surface area (Å²) in [4.78, 5) is 20.7. The molecule has 0 atom stereocenters. The fourth-order valence-corrected chi connectivity index (χ4v) is 3.32. The van der Waals surface area contributed by atoms with E-state index in [2.05, 4.69) is 4.98 Å². The van der Waals surface area contributed by atoms with Gasteiger partial charge >= 0.3 is 0 Å². The number of aromatic nitrogens is 1. The van der Waals surface area contributed by atoms with Crippen LogP contribution in [0, 0.1) is 28.5 Å². The Morgan fingerprint density at radius 2 is 1.89 bits per heavy atom. The molecule has 1 fully saturated rings. The number of carbonyl (C=O) groups excluding carboxylic acids is 1. The van der Waals surface area contributed by atoms with Crippen molar-refractivity contribution in [3.05, 3.63) is 59.2 Å². The molecule has 3 heterocycles. The van der Waals surface area contributed by atoms with Crippen LogP contribution in [0.25, 0.3) is 11.1 Å². The van der Waals surface area contributed by atoms with Gasteiger partial charge in [0.25, 0.3) is 5.91 Å². The van der Waals surface area contributed by atoms with E-state index >= 15 is 0 Å². The molecule has 138 valence electrons. The molecule has 1 aliphatic heterocycles. The lowest BCUT2D eigenvalue weighted by atomic mass is 10.1. The summed E-state index contributed by atoms with van der Waals surface area (Å²) < 4.78 is 19.1. The third-order valence-electron chi connectivity index (χ3n) is 4.70. The minimum atomic E-state index is -0.460. The zero-order valence-corrected chi connectivity index (χ0v) is 14.7. The predicted octanol–water partition coefficient (Wildman–Crippen LogP) is 2.67. The highest BCUT2D eigenvalue weighted by atomic mass is 19.1. The number of halogens is 1. The highest BCUT2D eigenvalue weighted by Gasteiger charge is 2.25. The number of hydrogen-bond donors (Lipinski definition) is 0. The number of furan rings is 1. The average molecular weight is 375 g/mol. The van der Waals surface area contributed by atoms with E-state index in [1.54, 1.807) is 17.0 Å². The molecule has 0 radical (unpaired) electrons. The SMILES string of the molecule is N#Cc1cc(F)cc(N2CCN(C(=O)c3ccnc4cc(C#N)oc34)CC2)c1. The number of fused-ring (bicyclic) bond motifs is 1. The molecule has 8 heteroatoms. The first kappa shape index (κ1) is 17.5. The van der Waals surface area contributed by atoms with Crippen LogP contribution >= 0.6 is 0 Å². The molecule has 3 aromatic rings. The topological polar surface area (TPSA) is 97.2 Å². The van der Waals surface area contributed by atoms with Gasteiger partial charge < -0.3 is 14.2 Å². The molecule has 1 aromatic carbocycles. The maximum Gasteiger partial charge on any atom is 0.257 e. The molecule has 2 aromatic heterocycles. The Kier molecular flexibility index (Phi) is 4.38. The Labute approximate surface area is 159 Å². The van der Waals surface area contributed by atoms with Gasteiger partial charge in [-0.05, 0) is 24.3 Å². The molecule has 1 saturated heterocycles. The number of nitrogens with zero attached hydrogens (tertiary/aromatic N) is 5. The van der Waals surface area contributed by atoms with E-state index in [-0.39, 0.29) is 17.2 Å². The summed E-state index contributed by atoms with van der Waals surface area (Å²) in [7, 11) is 0. The van der Waals surface area contributed by atoms with E-state index in [0.717, 1.165) is 0 Å². The van der Waals surface area contributed by atoms with Crippen LogP contribution in [-0.2, 0) is 0 Å². The van der Waals surface area contributed by atoms with E-state index < -0.39 is 5.82 Å². The number of hydrogen-bond acceptors (Lipinski definition) is 6. The lowest BCUT2D eigenvalue weighted by Crippen LogP contribution is -2.48. The summed E-state index contributed by atoms with van der Waals surface area (Å²) in [5, 5.41) is 18.0. The largest absolute Gasteiger partial charge is 0.443 e. The molecule has 0 aliphatic carbocycles. The minimum absolute atomic E-state index is 0.104. The van der Waals surface area contributed by atoms with Crippen LogP contribution in [-0.4, -0.2) is 42.0 Å². The molecule has 7 nitrogen and oxygen atoms in total. The van der Waals surface area contributed by atoms with Gasteiger partial charge in [-0.25, -0.2) is 4.39 Å². The molecular formula is C20H14FN5O2. The summed E-state index contributed by atoms with van der Waals surface area (Å²) in [5.41, 5.74) is 2.01. The number of pyridine rings is 1. The second-order valence-corrected chi connectivity index (χ2v) is 6.38. The minimum Gasteiger partial charge on any atom is -0.443 e. The monoisotopic (exact) mass is 375 g/mol. The first-order chi connectivity index (χ1) is 13.6. The van der Waals surface area contributed by atoms with Crippen molar-refractivity contribution in [2.75, 3.05) is 31.1 Å². The van der Waals surface area contributed by atoms with Crippen LogP contribution < -0.4 is 4.90 Å². The van der Waals surface area contributed by atoms with Crippen molar-refractivity contribution < 1.29 is 13.6 Å². The third-order valence-corrected chi connectivity index (χ3v) is 4.70. The van der Waals surface area contributed by atoms with Crippen molar-refractivity contribution in [3.63, 3.8) is 0 Å². The van der Waals surface area contributed by atoms with Crippen LogP contribution in [0.4, 0.5) is 10.1 Å². The van der Waals surface area contributed by atoms with Gasteiger partial charge in [0.2, 0.25) is 5.76 Å². The lowest BCUT2D eigenvalue weighted by Gasteiger charge is -2.36. The van der Waals surface area contributed by atoms with Gasteiger partial charge in [-0.2, -0.15) is 10.5 Å². The standard InChI is InChI=1S/C20H14FN5O2/c21-14-7-13(11-22)8-15(9-14)25-3-5-26(6-4-25)20(27)17-1-2-24-18-10-16(12-23)28-19(17)18/h1-2,7-10H,3-6H2. The van der Waals surface area contributed by atoms with Crippen molar-refractivity contribution in [3.8, 4) is 12.1 Å². The highest BCUT2D eigenvalue weighted by Crippen LogP contribution is 2.24. The first-order valence-corrected chi connectivity index (χ1v) is 8.62. The zero-order valence-electron chi connectivity index (χ0n) is 14.7. The summed E-state index contributed by atoms with van der Waals surface area (Å²) in [6.07, 6.45) is 1.51. The maximum atomic E-state index is 13.7. The summed E-state index contributed by atoms with van der Waals surface area (Å²) in [5.74, 6) is -0.562. The van der Waals surface area contributed by atoms with Crippen LogP contribution in [0.15, 0.2) is 40.9 Å². The van der Waals surface area contributed by atoms with Gasteiger partial charge in [-0.15, -0.1) is 0 Å². The zero-order chi connectivity index (χ0) is 19.7. The van der Waals surface area contributed by atoms with Crippen molar-refractivity contribution >= 4 is 22.7 Å². The molecular weight excluding hydrogens is 361 g/mol. The first-order valence-electron chi connectivity index (χ1n) is 8.62. The maximum absolute atomic E-state index is 13.7. The highest BCUT2D eigenvalue weighted by molar-refractivity contribution is 6.04. The number of nitriles is 2. The number of amides is 1. The third kappa shape index (κ3) is 3.12. The van der Waals surface area contributed by atoms with Crippen molar-refractivity contribution in [2.45, 2.75) is 0 Å². The number of anilines is 1. The number of benzene rings is 1. The molecule has 4 rings (SSSR count). The molecule has 0 spiro atoms. The molecule has 0 saturated carbocycles. The fraction of sp³-hybridized carbons (Fsp3) is 0.200. The second-order valence-electron chi connectivity index (χ2n) is 6.38. The molecule has 0 unspecified atom stereocenters. The van der Waals surface area contributed by atoms with Gasteiger partial charge in [0.15, 0.2) is 5.58 Å². The van der Waals surface area contributed by atoms with E-state index in [1.807, 2.05) is 17.0 Å². The molecule has 28 heavy (non-hydrogen) atoms. The van der Waals surface area contributed by atoms with Gasteiger partial charge in [0, 0.05) is 44.1 Å². The predicted molar refractivity (Wildman–Crippen MR) is 98.0 cm³/mol. The Hall–Kier alpha value is -3.91. The normalized spacial score (nSPS) is 14.0. The van der Waals surface area contributed by atoms with Gasteiger partial charge in [-0.1, -0.05) is 0 Å². The Bertz CT molecular complexity index is 1150. The van der Waals surface area contributed by atoms with Crippen molar-refractivity contribution in [1.29, 1.82) is 10.5 Å². The van der Waals surface area contributed by atoms with Gasteiger partial charge in [0.1, 0.15) is 17.4 Å². The molecule has 0 N–H and O–H groups in total. The second kappa shape index (κ2) is 7.01. The lowest BCUT2D eigenvalue weighted by molar-refractivity contribution is 0.0747. The average Bonchev–Trinajstić information content (AvgIpc) is 3.16. The Morgan fingerprint density at radius 3 is 2.61 bits per heavy atom. The quantitative estimate of drug-likeness (QED) is 0.683. The smallest absolute Gasteiger partial charge is 0.257 e. The fourth-order valence-electron chi connectivity index (χ4n) is 3.32. The van der Waals surface area contributed by atoms with E-state index in [0.29, 0.717) is 48.5 Å².